The Kier molecular flexibility index (Phi) is 3.72. The molecular formula is C15H19N3. The van der Waals surface area contributed by atoms with Gasteiger partial charge in [-0.05, 0) is 35.7 Å². The first-order chi connectivity index (χ1) is 8.70. The summed E-state index contributed by atoms with van der Waals surface area (Å²) in [5, 5.41) is 3.37. The summed E-state index contributed by atoms with van der Waals surface area (Å²) in [5.74, 6) is 0. The van der Waals surface area contributed by atoms with Gasteiger partial charge in [0.15, 0.2) is 0 Å². The Bertz CT molecular complexity index is 535. The first-order valence-corrected chi connectivity index (χ1v) is 6.16. The van der Waals surface area contributed by atoms with Crippen LogP contribution in [0.3, 0.4) is 0 Å². The Morgan fingerprint density at radius 3 is 2.33 bits per heavy atom. The van der Waals surface area contributed by atoms with Crippen molar-refractivity contribution >= 4 is 17.1 Å². The molecule has 0 unspecified atom stereocenters. The fraction of sp³-hybridized carbons (Fsp3) is 0.200. The van der Waals surface area contributed by atoms with Crippen molar-refractivity contribution in [1.29, 1.82) is 0 Å². The van der Waals surface area contributed by atoms with E-state index in [0.29, 0.717) is 11.4 Å². The van der Waals surface area contributed by atoms with Crippen LogP contribution < -0.4 is 16.8 Å². The Morgan fingerprint density at radius 2 is 1.67 bits per heavy atom. The van der Waals surface area contributed by atoms with Gasteiger partial charge in [0, 0.05) is 12.2 Å². The molecule has 0 bridgehead atoms. The summed E-state index contributed by atoms with van der Waals surface area (Å²) in [6.07, 6.45) is 1.04. The van der Waals surface area contributed by atoms with Crippen molar-refractivity contribution in [3.63, 3.8) is 0 Å². The average molecular weight is 241 g/mol. The predicted molar refractivity (Wildman–Crippen MR) is 78.4 cm³/mol. The number of benzene rings is 2. The van der Waals surface area contributed by atoms with Crippen LogP contribution >= 0.6 is 0 Å². The zero-order valence-corrected chi connectivity index (χ0v) is 10.6. The molecule has 0 aliphatic carbocycles. The molecule has 0 spiro atoms. The maximum absolute atomic E-state index is 5.78. The quantitative estimate of drug-likeness (QED) is 0.721. The zero-order chi connectivity index (χ0) is 13.0. The van der Waals surface area contributed by atoms with E-state index in [0.717, 1.165) is 18.7 Å². The van der Waals surface area contributed by atoms with Gasteiger partial charge in [-0.25, -0.2) is 0 Å². The van der Waals surface area contributed by atoms with Gasteiger partial charge in [-0.2, -0.15) is 0 Å². The molecule has 0 saturated heterocycles. The molecule has 0 aliphatic rings. The fourth-order valence-electron chi connectivity index (χ4n) is 1.96. The molecule has 0 radical (unpaired) electrons. The molecule has 3 heteroatoms. The molecule has 0 heterocycles. The smallest absolute Gasteiger partial charge is 0.0568 e. The average Bonchev–Trinajstić information content (AvgIpc) is 2.40. The molecule has 18 heavy (non-hydrogen) atoms. The van der Waals surface area contributed by atoms with Gasteiger partial charge in [-0.3, -0.25) is 0 Å². The van der Waals surface area contributed by atoms with Gasteiger partial charge in [0.05, 0.1) is 11.4 Å². The van der Waals surface area contributed by atoms with Gasteiger partial charge < -0.3 is 16.8 Å². The van der Waals surface area contributed by atoms with Crippen LogP contribution in [0.4, 0.5) is 17.1 Å². The summed E-state index contributed by atoms with van der Waals surface area (Å²) in [6.45, 7) is 2.97. The summed E-state index contributed by atoms with van der Waals surface area (Å²) < 4.78 is 0. The van der Waals surface area contributed by atoms with Crippen molar-refractivity contribution in [3.8, 4) is 0 Å². The van der Waals surface area contributed by atoms with Gasteiger partial charge in [-0.1, -0.05) is 31.2 Å². The Balaban J connectivity index is 2.09. The summed E-state index contributed by atoms with van der Waals surface area (Å²) in [5.41, 5.74) is 16.4. The number of nitrogens with one attached hydrogen (secondary N) is 1. The van der Waals surface area contributed by atoms with E-state index in [1.807, 2.05) is 18.2 Å². The highest BCUT2D eigenvalue weighted by Gasteiger charge is 2.01. The van der Waals surface area contributed by atoms with E-state index >= 15 is 0 Å². The molecular weight excluding hydrogens is 222 g/mol. The third-order valence-electron chi connectivity index (χ3n) is 3.07. The van der Waals surface area contributed by atoms with Gasteiger partial charge in [-0.15, -0.1) is 0 Å². The highest BCUT2D eigenvalue weighted by atomic mass is 14.9. The van der Waals surface area contributed by atoms with Crippen molar-refractivity contribution in [2.75, 3.05) is 16.8 Å². The van der Waals surface area contributed by atoms with Crippen LogP contribution in [-0.4, -0.2) is 0 Å². The summed E-state index contributed by atoms with van der Waals surface area (Å²) in [6, 6.07) is 14.1. The van der Waals surface area contributed by atoms with Gasteiger partial charge in [0.1, 0.15) is 0 Å². The van der Waals surface area contributed by atoms with Gasteiger partial charge >= 0.3 is 0 Å². The second-order valence-corrected chi connectivity index (χ2v) is 4.32. The molecule has 3 nitrogen and oxygen atoms in total. The molecule has 0 aromatic heterocycles. The van der Waals surface area contributed by atoms with E-state index in [2.05, 4.69) is 36.5 Å². The summed E-state index contributed by atoms with van der Waals surface area (Å²) in [4.78, 5) is 0. The van der Waals surface area contributed by atoms with Crippen molar-refractivity contribution in [3.05, 3.63) is 53.6 Å². The lowest BCUT2D eigenvalue weighted by Crippen LogP contribution is -2.03. The monoisotopic (exact) mass is 241 g/mol. The molecule has 2 rings (SSSR count). The molecule has 0 atom stereocenters. The van der Waals surface area contributed by atoms with Crippen LogP contribution in [0.25, 0.3) is 0 Å². The van der Waals surface area contributed by atoms with E-state index in [-0.39, 0.29) is 0 Å². The first-order valence-electron chi connectivity index (χ1n) is 6.16. The number of nitrogen functional groups attached to an aromatic ring is 2. The topological polar surface area (TPSA) is 64.1 Å². The van der Waals surface area contributed by atoms with Crippen molar-refractivity contribution in [2.45, 2.75) is 19.9 Å². The number of hydrogen-bond acceptors (Lipinski definition) is 3. The zero-order valence-electron chi connectivity index (χ0n) is 10.6. The van der Waals surface area contributed by atoms with Crippen molar-refractivity contribution in [1.82, 2.24) is 0 Å². The van der Waals surface area contributed by atoms with Crippen LogP contribution in [0, 0.1) is 0 Å². The standard InChI is InChI=1S/C15H19N3/c1-2-11-5-3-4-6-12(11)10-18-13-7-8-14(16)15(17)9-13/h3-9,18H,2,10,16-17H2,1H3. The van der Waals surface area contributed by atoms with Crippen LogP contribution in [0.1, 0.15) is 18.1 Å². The maximum atomic E-state index is 5.78. The predicted octanol–water partition coefficient (Wildman–Crippen LogP) is 3.03. The highest BCUT2D eigenvalue weighted by Crippen LogP contribution is 2.20. The lowest BCUT2D eigenvalue weighted by atomic mass is 10.1. The SMILES string of the molecule is CCc1ccccc1CNc1ccc(N)c(N)c1. The maximum Gasteiger partial charge on any atom is 0.0568 e. The van der Waals surface area contributed by atoms with E-state index in [9.17, 15) is 0 Å². The minimum absolute atomic E-state index is 0.615. The Hall–Kier alpha value is -2.16. The van der Waals surface area contributed by atoms with Crippen LogP contribution in [0.2, 0.25) is 0 Å². The number of rotatable bonds is 4. The van der Waals surface area contributed by atoms with E-state index in [4.69, 9.17) is 11.5 Å². The molecule has 5 N–H and O–H groups in total. The molecule has 0 saturated carbocycles. The molecule has 2 aromatic rings. The molecule has 0 fully saturated rings. The van der Waals surface area contributed by atoms with Gasteiger partial charge in [0.2, 0.25) is 0 Å². The lowest BCUT2D eigenvalue weighted by Gasteiger charge is -2.11. The summed E-state index contributed by atoms with van der Waals surface area (Å²) >= 11 is 0. The minimum Gasteiger partial charge on any atom is -0.397 e. The Labute approximate surface area is 108 Å². The van der Waals surface area contributed by atoms with Crippen molar-refractivity contribution < 1.29 is 0 Å². The van der Waals surface area contributed by atoms with Crippen LogP contribution in [0.5, 0.6) is 0 Å². The van der Waals surface area contributed by atoms with Crippen LogP contribution in [0.15, 0.2) is 42.5 Å². The molecule has 2 aromatic carbocycles. The third-order valence-corrected chi connectivity index (χ3v) is 3.07. The van der Waals surface area contributed by atoms with Crippen LogP contribution in [-0.2, 0) is 13.0 Å². The summed E-state index contributed by atoms with van der Waals surface area (Å²) in [7, 11) is 0. The normalized spacial score (nSPS) is 10.3. The molecule has 0 amide bonds. The van der Waals surface area contributed by atoms with E-state index in [1.165, 1.54) is 11.1 Å². The second kappa shape index (κ2) is 5.45. The van der Waals surface area contributed by atoms with Gasteiger partial charge in [0.25, 0.3) is 0 Å². The lowest BCUT2D eigenvalue weighted by molar-refractivity contribution is 1.04. The third kappa shape index (κ3) is 2.74. The highest BCUT2D eigenvalue weighted by molar-refractivity contribution is 5.69. The number of aryl methyl sites for hydroxylation is 1. The van der Waals surface area contributed by atoms with E-state index < -0.39 is 0 Å². The first kappa shape index (κ1) is 12.3. The number of hydrogen-bond donors (Lipinski definition) is 3. The second-order valence-electron chi connectivity index (χ2n) is 4.32. The molecule has 94 valence electrons. The van der Waals surface area contributed by atoms with E-state index in [1.54, 1.807) is 0 Å². The minimum atomic E-state index is 0.615. The number of anilines is 3. The molecule has 0 aliphatic heterocycles. The fourth-order valence-corrected chi connectivity index (χ4v) is 1.96. The van der Waals surface area contributed by atoms with Crippen molar-refractivity contribution in [2.24, 2.45) is 0 Å². The largest absolute Gasteiger partial charge is 0.397 e. The number of nitrogens with two attached hydrogens (primary N) is 2. The Morgan fingerprint density at radius 1 is 0.944 bits per heavy atom.